The molecule has 0 atom stereocenters. The molecule has 8 heteroatoms. The molecular formula is C21H22BrN3O2S2. The highest BCUT2D eigenvalue weighted by Gasteiger charge is 2.14. The monoisotopic (exact) mass is 491 g/mol. The minimum absolute atomic E-state index is 0.0834. The Hall–Kier alpha value is -1.90. The second-order valence-electron chi connectivity index (χ2n) is 6.91. The van der Waals surface area contributed by atoms with Gasteiger partial charge in [-0.1, -0.05) is 25.3 Å². The molecule has 1 N–H and O–H groups in total. The first-order chi connectivity index (χ1) is 14.2. The number of phenols is 1. The maximum atomic E-state index is 10.0. The van der Waals surface area contributed by atoms with Crippen LogP contribution in [0.3, 0.4) is 0 Å². The van der Waals surface area contributed by atoms with Crippen molar-refractivity contribution in [3.8, 4) is 22.1 Å². The van der Waals surface area contributed by atoms with Gasteiger partial charge < -0.3 is 9.84 Å². The van der Waals surface area contributed by atoms with Crippen molar-refractivity contribution >= 4 is 44.8 Å². The molecule has 4 rings (SSSR count). The predicted octanol–water partition coefficient (Wildman–Crippen LogP) is 5.87. The van der Waals surface area contributed by atoms with Crippen LogP contribution in [0.4, 0.5) is 0 Å². The Morgan fingerprint density at radius 1 is 1.24 bits per heavy atom. The minimum atomic E-state index is 0.0834. The summed E-state index contributed by atoms with van der Waals surface area (Å²) >= 11 is 6.69. The van der Waals surface area contributed by atoms with E-state index in [-0.39, 0.29) is 5.75 Å². The third-order valence-corrected chi connectivity index (χ3v) is 7.25. The molecule has 2 heterocycles. The van der Waals surface area contributed by atoms with E-state index in [1.807, 2.05) is 16.8 Å². The zero-order valence-corrected chi connectivity index (χ0v) is 19.3. The fourth-order valence-corrected chi connectivity index (χ4v) is 5.57. The molecule has 29 heavy (non-hydrogen) atoms. The van der Waals surface area contributed by atoms with Crippen LogP contribution in [0.25, 0.3) is 10.6 Å². The van der Waals surface area contributed by atoms with E-state index in [0.29, 0.717) is 16.3 Å². The third-order valence-electron chi connectivity index (χ3n) is 4.92. The van der Waals surface area contributed by atoms with Gasteiger partial charge in [-0.05, 0) is 57.9 Å². The first-order valence-corrected chi connectivity index (χ1v) is 12.1. The Morgan fingerprint density at radius 2 is 2.07 bits per heavy atom. The number of methoxy groups -OCH3 is 1. The van der Waals surface area contributed by atoms with Gasteiger partial charge in [-0.25, -0.2) is 4.68 Å². The molecule has 1 saturated carbocycles. The van der Waals surface area contributed by atoms with Crippen LogP contribution in [0.2, 0.25) is 0 Å². The highest BCUT2D eigenvalue weighted by molar-refractivity contribution is 9.10. The number of halogens is 1. The van der Waals surface area contributed by atoms with E-state index in [0.717, 1.165) is 33.8 Å². The largest absolute Gasteiger partial charge is 0.503 e. The molecule has 1 aliphatic rings. The Bertz CT molecular complexity index is 1060. The number of hydrogen-bond acceptors (Lipinski definition) is 6. The topological polar surface area (TPSA) is 59.1 Å². The van der Waals surface area contributed by atoms with Gasteiger partial charge >= 0.3 is 0 Å². The van der Waals surface area contributed by atoms with E-state index in [1.165, 1.54) is 26.4 Å². The van der Waals surface area contributed by atoms with E-state index in [2.05, 4.69) is 32.8 Å². The standard InChI is InChI=1S/C21H22BrN3O2S2/c1-27-18-11-14(10-16(22)20(18)26)12-23-25-17(19-8-5-9-28-19)13-29-21(25)24-15-6-3-2-4-7-15/h5,8-13,15,26H,2-4,6-7H2,1H3. The molecule has 5 nitrogen and oxygen atoms in total. The van der Waals surface area contributed by atoms with Gasteiger partial charge in [-0.2, -0.15) is 5.10 Å². The number of thiophene rings is 1. The quantitative estimate of drug-likeness (QED) is 0.453. The van der Waals surface area contributed by atoms with Crippen molar-refractivity contribution in [3.05, 3.63) is 49.9 Å². The average molecular weight is 492 g/mol. The summed E-state index contributed by atoms with van der Waals surface area (Å²) in [7, 11) is 1.53. The van der Waals surface area contributed by atoms with Crippen molar-refractivity contribution in [1.82, 2.24) is 4.68 Å². The van der Waals surface area contributed by atoms with Crippen LogP contribution in [0.1, 0.15) is 37.7 Å². The number of hydrogen-bond donors (Lipinski definition) is 1. The summed E-state index contributed by atoms with van der Waals surface area (Å²) in [5.41, 5.74) is 1.87. The molecular weight excluding hydrogens is 470 g/mol. The number of benzene rings is 1. The van der Waals surface area contributed by atoms with E-state index in [1.54, 1.807) is 35.0 Å². The van der Waals surface area contributed by atoms with Crippen molar-refractivity contribution < 1.29 is 9.84 Å². The lowest BCUT2D eigenvalue weighted by molar-refractivity contribution is 0.372. The summed E-state index contributed by atoms with van der Waals surface area (Å²) in [6.45, 7) is 0. The fraction of sp³-hybridized carbons (Fsp3) is 0.333. The summed E-state index contributed by atoms with van der Waals surface area (Å²) in [5.74, 6) is 0.488. The Labute approximate surface area is 186 Å². The van der Waals surface area contributed by atoms with Crippen LogP contribution < -0.4 is 9.54 Å². The molecule has 0 bridgehead atoms. The van der Waals surface area contributed by atoms with Crippen LogP contribution in [-0.2, 0) is 0 Å². The van der Waals surface area contributed by atoms with E-state index in [4.69, 9.17) is 14.8 Å². The third kappa shape index (κ3) is 4.65. The van der Waals surface area contributed by atoms with Crippen molar-refractivity contribution in [1.29, 1.82) is 0 Å². The van der Waals surface area contributed by atoms with Crippen molar-refractivity contribution in [3.63, 3.8) is 0 Å². The zero-order valence-electron chi connectivity index (χ0n) is 16.0. The molecule has 1 aliphatic carbocycles. The lowest BCUT2D eigenvalue weighted by Gasteiger charge is -2.16. The Morgan fingerprint density at radius 3 is 2.79 bits per heavy atom. The number of rotatable bonds is 5. The number of aromatic hydroxyl groups is 1. The average Bonchev–Trinajstić information content (AvgIpc) is 3.39. The predicted molar refractivity (Wildman–Crippen MR) is 123 cm³/mol. The number of phenolic OH excluding ortho intramolecular Hbond substituents is 1. The molecule has 1 fully saturated rings. The first kappa shape index (κ1) is 20.4. The summed E-state index contributed by atoms with van der Waals surface area (Å²) in [5, 5.41) is 19.0. The highest BCUT2D eigenvalue weighted by Crippen LogP contribution is 2.34. The molecule has 0 saturated heterocycles. The lowest BCUT2D eigenvalue weighted by Crippen LogP contribution is -2.18. The maximum absolute atomic E-state index is 10.0. The van der Waals surface area contributed by atoms with Crippen LogP contribution in [-0.4, -0.2) is 29.1 Å². The molecule has 0 amide bonds. The van der Waals surface area contributed by atoms with Crippen molar-refractivity contribution in [2.75, 3.05) is 7.11 Å². The lowest BCUT2D eigenvalue weighted by atomic mass is 9.96. The second kappa shape index (κ2) is 9.28. The molecule has 0 spiro atoms. The summed E-state index contributed by atoms with van der Waals surface area (Å²) < 4.78 is 7.74. The normalized spacial score (nSPS) is 16.0. The Kier molecular flexibility index (Phi) is 6.52. The molecule has 0 aliphatic heterocycles. The summed E-state index contributed by atoms with van der Waals surface area (Å²) in [6, 6.07) is 8.11. The number of ether oxygens (including phenoxy) is 1. The molecule has 3 aromatic rings. The second-order valence-corrected chi connectivity index (χ2v) is 9.55. The van der Waals surface area contributed by atoms with Crippen LogP contribution in [0.5, 0.6) is 11.5 Å². The van der Waals surface area contributed by atoms with Crippen LogP contribution in [0, 0.1) is 0 Å². The van der Waals surface area contributed by atoms with Gasteiger partial charge in [0, 0.05) is 5.38 Å². The van der Waals surface area contributed by atoms with E-state index < -0.39 is 0 Å². The molecule has 2 aromatic heterocycles. The Balaban J connectivity index is 1.75. The van der Waals surface area contributed by atoms with Gasteiger partial charge in [0.05, 0.1) is 34.4 Å². The molecule has 0 unspecified atom stereocenters. The fourth-order valence-electron chi connectivity index (χ4n) is 3.41. The summed E-state index contributed by atoms with van der Waals surface area (Å²) in [4.78, 5) is 7.10. The van der Waals surface area contributed by atoms with Gasteiger partial charge in [0.25, 0.3) is 0 Å². The molecule has 0 radical (unpaired) electrons. The zero-order chi connectivity index (χ0) is 20.2. The van der Waals surface area contributed by atoms with Crippen LogP contribution in [0.15, 0.2) is 49.6 Å². The molecule has 152 valence electrons. The number of nitrogens with zero attached hydrogens (tertiary/aromatic N) is 3. The van der Waals surface area contributed by atoms with Gasteiger partial charge in [-0.3, -0.25) is 4.99 Å². The van der Waals surface area contributed by atoms with Gasteiger partial charge in [0.1, 0.15) is 0 Å². The van der Waals surface area contributed by atoms with Gasteiger partial charge in [-0.15, -0.1) is 22.7 Å². The van der Waals surface area contributed by atoms with E-state index in [9.17, 15) is 5.11 Å². The van der Waals surface area contributed by atoms with Gasteiger partial charge in [0.2, 0.25) is 4.80 Å². The smallest absolute Gasteiger partial charge is 0.206 e. The SMILES string of the molecule is COc1cc(C=Nn2c(-c3cccs3)csc2=NC2CCCCC2)cc(Br)c1O. The number of thiazole rings is 1. The summed E-state index contributed by atoms with van der Waals surface area (Å²) in [6.07, 6.45) is 7.89. The minimum Gasteiger partial charge on any atom is -0.503 e. The van der Waals surface area contributed by atoms with Crippen LogP contribution >= 0.6 is 38.6 Å². The number of aromatic nitrogens is 1. The van der Waals surface area contributed by atoms with Crippen molar-refractivity contribution in [2.45, 2.75) is 38.1 Å². The van der Waals surface area contributed by atoms with Crippen molar-refractivity contribution in [2.24, 2.45) is 10.1 Å². The van der Waals surface area contributed by atoms with Gasteiger partial charge in [0.15, 0.2) is 11.5 Å². The van der Waals surface area contributed by atoms with E-state index >= 15 is 0 Å². The first-order valence-electron chi connectivity index (χ1n) is 9.55. The molecule has 1 aromatic carbocycles. The maximum Gasteiger partial charge on any atom is 0.206 e. The highest BCUT2D eigenvalue weighted by atomic mass is 79.9.